The molecule has 20 heteroatoms. The van der Waals surface area contributed by atoms with E-state index in [0.29, 0.717) is 96.7 Å². The Hall–Kier alpha value is -7.68. The molecular formula is C124H168N16O4. The number of ether oxygens (including phenoxy) is 4. The summed E-state index contributed by atoms with van der Waals surface area (Å²) in [5, 5.41) is 69.1. The SMILES string of the molecule is C1CCC2C3NC(NC4NC(NC5NC(NC6NC(N3)C3CCCCC63)C3CCCCC53)C3CCCCC43)C2C1.CC(C)(c1ccccc1)c1ccc(OC2CCC3C4NC5NC(NC6NC(NC7NC(NC(N4)C3C2)C2CC(Oc3ccc(C(C)(C)c4ccccc4)cc3)CCC72)C2CCC(Oc3ccc(C(C)(C)c4ccccc4)cc3)CC62)C2CC(Oc3ccc(C(C)(C)c4ccccc4)cc3)CCC52)cc1. The zero-order chi connectivity index (χ0) is 97.1. The first kappa shape index (κ1) is 97.1. The molecule has 10 heterocycles. The number of fused-ring (bicyclic) bond motifs is 40. The first-order chi connectivity index (χ1) is 70.2. The Balaban J connectivity index is 0.000000224. The minimum Gasteiger partial charge on any atom is -0.490 e. The van der Waals surface area contributed by atoms with E-state index in [2.05, 4.69) is 359 Å². The van der Waals surface area contributed by atoms with Gasteiger partial charge >= 0.3 is 0 Å². The molecule has 16 N–H and O–H groups in total. The molecule has 26 rings (SSSR count). The van der Waals surface area contributed by atoms with Crippen molar-refractivity contribution in [3.63, 3.8) is 0 Å². The summed E-state index contributed by atoms with van der Waals surface area (Å²) in [6.07, 6.45) is 38.6. The van der Waals surface area contributed by atoms with E-state index in [4.69, 9.17) is 18.9 Å². The second-order valence-electron chi connectivity index (χ2n) is 50.3. The molecule has 0 amide bonds. The summed E-state index contributed by atoms with van der Waals surface area (Å²) in [6.45, 7) is 18.6. The average Bonchev–Trinajstić information content (AvgIpc) is 1.60. The molecule has 10 aliphatic heterocycles. The van der Waals surface area contributed by atoms with Crippen molar-refractivity contribution >= 4 is 0 Å². The van der Waals surface area contributed by atoms with Crippen molar-refractivity contribution in [3.05, 3.63) is 263 Å². The number of benzene rings is 8. The molecule has 18 fully saturated rings. The molecule has 28 atom stereocenters. The highest BCUT2D eigenvalue weighted by molar-refractivity contribution is 5.45. The number of hydrogen-bond acceptors (Lipinski definition) is 20. The Labute approximate surface area is 859 Å². The maximum Gasteiger partial charge on any atom is 0.119 e. The molecule has 144 heavy (non-hydrogen) atoms. The van der Waals surface area contributed by atoms with Crippen molar-refractivity contribution < 1.29 is 18.9 Å². The molecule has 28 unspecified atom stereocenters. The Morgan fingerprint density at radius 1 is 0.153 bits per heavy atom. The van der Waals surface area contributed by atoms with Crippen LogP contribution < -0.4 is 104 Å². The number of hydrogen-bond donors (Lipinski definition) is 16. The summed E-state index contributed by atoms with van der Waals surface area (Å²) >= 11 is 0. The Kier molecular flexibility index (Phi) is 27.6. The normalized spacial score (nSPS) is 39.6. The van der Waals surface area contributed by atoms with Crippen molar-refractivity contribution in [2.45, 2.75) is 380 Å². The van der Waals surface area contributed by atoms with E-state index in [0.717, 1.165) is 147 Å². The van der Waals surface area contributed by atoms with Crippen LogP contribution in [0.5, 0.6) is 23.0 Å². The van der Waals surface area contributed by atoms with E-state index in [-0.39, 0.29) is 95.4 Å². The van der Waals surface area contributed by atoms with Crippen LogP contribution >= 0.6 is 0 Å². The lowest BCUT2D eigenvalue weighted by molar-refractivity contribution is 0.0626. The van der Waals surface area contributed by atoms with Crippen LogP contribution in [0.15, 0.2) is 218 Å². The van der Waals surface area contributed by atoms with Crippen molar-refractivity contribution in [1.82, 2.24) is 85.1 Å². The van der Waals surface area contributed by atoms with E-state index in [1.54, 1.807) is 0 Å². The molecule has 10 saturated heterocycles. The quantitative estimate of drug-likeness (QED) is 0.0431. The van der Waals surface area contributed by atoms with Crippen molar-refractivity contribution in [1.29, 1.82) is 0 Å². The van der Waals surface area contributed by atoms with Gasteiger partial charge in [0.05, 0.1) is 123 Å². The topological polar surface area (TPSA) is 229 Å². The summed E-state index contributed by atoms with van der Waals surface area (Å²) < 4.78 is 28.6. The third kappa shape index (κ3) is 19.2. The third-order valence-electron chi connectivity index (χ3n) is 41.2. The van der Waals surface area contributed by atoms with Gasteiger partial charge in [0.15, 0.2) is 0 Å². The second kappa shape index (κ2) is 40.9. The van der Waals surface area contributed by atoms with E-state index in [1.807, 2.05) is 0 Å². The third-order valence-corrected chi connectivity index (χ3v) is 41.2. The minimum atomic E-state index is -0.126. The molecule has 18 aliphatic rings. The predicted octanol–water partition coefficient (Wildman–Crippen LogP) is 18.7. The van der Waals surface area contributed by atoms with E-state index in [1.165, 1.54) is 147 Å². The Morgan fingerprint density at radius 3 is 0.438 bits per heavy atom. The lowest BCUT2D eigenvalue weighted by atomic mass is 9.75. The van der Waals surface area contributed by atoms with Gasteiger partial charge in [-0.25, -0.2) is 0 Å². The van der Waals surface area contributed by atoms with Gasteiger partial charge < -0.3 is 18.9 Å². The van der Waals surface area contributed by atoms with Crippen molar-refractivity contribution in [2.24, 2.45) is 94.7 Å². The number of rotatable bonds is 16. The lowest BCUT2D eigenvalue weighted by Gasteiger charge is -2.39. The molecule has 0 radical (unpaired) electrons. The molecule has 768 valence electrons. The van der Waals surface area contributed by atoms with Gasteiger partial charge in [-0.3, -0.25) is 85.1 Å². The van der Waals surface area contributed by atoms with Crippen LogP contribution in [0.25, 0.3) is 0 Å². The highest BCUT2D eigenvalue weighted by atomic mass is 16.5. The van der Waals surface area contributed by atoms with Gasteiger partial charge in [0.25, 0.3) is 0 Å². The standard InChI is InChI=1S/C92H112N8O4.C32H56N8/c1-89(2,57-21-13-9-14-22-57)61-29-37-65(38-30-61)101-69-45-49-73-77(53-69)85-95-81(73)93-82-75-51-47-71(103-67-41-33-63(34-42-67)91(5,6)59-25-17-11-18-26-59)55-79(75)87(97-82)100-88-80-56-72(104-68-43-35-64(36-44-68)92(7,8)60-27-19-12-20-28-60)48-52-76(80)84(98-88)94-83-74-50-46-70(54-78(74)86(96-83)99-85)102-66-39-31-62(32-40-66)90(3,4)58-23-15-10-16-24-58;1-2-10-18-17(9-1)25-33-26(18)38-28-21-13-5-6-14-22(21)30(35-28)40-32-24-16-8-7-15-23(24)31(36-32)39-29-20-12-4-3-11-19(20)27(34-29)37-25/h9-44,69-88,93-100H,45-56H2,1-8H3;17-40H,1-16H2. The first-order valence-electron chi connectivity index (χ1n) is 57.7. The van der Waals surface area contributed by atoms with Crippen LogP contribution in [0.4, 0.5) is 0 Å². The van der Waals surface area contributed by atoms with Gasteiger partial charge in [-0.05, 0) is 316 Å². The average molecular weight is 1950 g/mol. The van der Waals surface area contributed by atoms with Crippen LogP contribution in [0.3, 0.4) is 0 Å². The molecule has 0 spiro atoms. The smallest absolute Gasteiger partial charge is 0.119 e. The molecule has 0 aromatic heterocycles. The Morgan fingerprint density at radius 2 is 0.285 bits per heavy atom. The largest absolute Gasteiger partial charge is 0.490 e. The maximum absolute atomic E-state index is 7.15. The lowest BCUT2D eigenvalue weighted by Crippen LogP contribution is -2.61. The van der Waals surface area contributed by atoms with Crippen LogP contribution in [-0.4, -0.2) is 123 Å². The zero-order valence-corrected chi connectivity index (χ0v) is 87.0. The van der Waals surface area contributed by atoms with E-state index in [9.17, 15) is 0 Å². The van der Waals surface area contributed by atoms with Crippen LogP contribution in [0.1, 0.15) is 280 Å². The van der Waals surface area contributed by atoms with E-state index >= 15 is 0 Å². The molecule has 8 aliphatic carbocycles. The van der Waals surface area contributed by atoms with Crippen LogP contribution in [0.2, 0.25) is 0 Å². The number of nitrogens with one attached hydrogen (secondary N) is 16. The molecule has 8 saturated carbocycles. The predicted molar refractivity (Wildman–Crippen MR) is 574 cm³/mol. The highest BCUT2D eigenvalue weighted by Crippen LogP contribution is 2.53. The molecular weight excluding hydrogens is 1780 g/mol. The monoisotopic (exact) mass is 1950 g/mol. The van der Waals surface area contributed by atoms with Crippen molar-refractivity contribution in [3.8, 4) is 23.0 Å². The summed E-state index contributed by atoms with van der Waals surface area (Å²) in [4.78, 5) is 0. The zero-order valence-electron chi connectivity index (χ0n) is 87.0. The highest BCUT2D eigenvalue weighted by Gasteiger charge is 2.60. The maximum atomic E-state index is 7.15. The van der Waals surface area contributed by atoms with Crippen LogP contribution in [0, 0.1) is 94.7 Å². The van der Waals surface area contributed by atoms with Gasteiger partial charge in [-0.15, -0.1) is 0 Å². The fraction of sp³-hybridized carbons (Fsp3) is 0.613. The van der Waals surface area contributed by atoms with Gasteiger partial charge in [-0.1, -0.05) is 277 Å². The molecule has 16 bridgehead atoms. The van der Waals surface area contributed by atoms with Gasteiger partial charge in [0.2, 0.25) is 0 Å². The summed E-state index contributed by atoms with van der Waals surface area (Å²) in [5.74, 6) is 12.7. The Bertz CT molecular complexity index is 4850. The second-order valence-corrected chi connectivity index (χ2v) is 50.3. The fourth-order valence-electron chi connectivity index (χ4n) is 32.9. The van der Waals surface area contributed by atoms with Gasteiger partial charge in [0.1, 0.15) is 23.0 Å². The van der Waals surface area contributed by atoms with Crippen molar-refractivity contribution in [2.75, 3.05) is 0 Å². The van der Waals surface area contributed by atoms with Gasteiger partial charge in [0, 0.05) is 21.7 Å². The van der Waals surface area contributed by atoms with Crippen LogP contribution in [-0.2, 0) is 21.7 Å². The minimum absolute atomic E-state index is 0.0460. The summed E-state index contributed by atoms with van der Waals surface area (Å²) in [7, 11) is 0. The first-order valence-corrected chi connectivity index (χ1v) is 57.7. The molecule has 20 nitrogen and oxygen atoms in total. The summed E-state index contributed by atoms with van der Waals surface area (Å²) in [5.41, 5.74) is 9.89. The fourth-order valence-corrected chi connectivity index (χ4v) is 32.9. The van der Waals surface area contributed by atoms with E-state index < -0.39 is 0 Å². The summed E-state index contributed by atoms with van der Waals surface area (Å²) in [6, 6.07) is 79.5. The molecule has 8 aromatic carbocycles. The van der Waals surface area contributed by atoms with Gasteiger partial charge in [-0.2, -0.15) is 0 Å². The molecule has 8 aromatic rings.